The number of pyridine rings is 1. The minimum atomic E-state index is -0.826. The lowest BCUT2D eigenvalue weighted by atomic mass is 9.99. The van der Waals surface area contributed by atoms with Crippen molar-refractivity contribution >= 4 is 29.5 Å². The molecule has 168 valence electrons. The third-order valence-electron chi connectivity index (χ3n) is 4.57. The molecule has 3 aromatic rings. The van der Waals surface area contributed by atoms with E-state index in [1.807, 2.05) is 19.9 Å². The molecular formula is C23H24F2N4O2S. The van der Waals surface area contributed by atoms with Gasteiger partial charge in [0.1, 0.15) is 17.3 Å². The van der Waals surface area contributed by atoms with Gasteiger partial charge in [0, 0.05) is 60.2 Å². The highest BCUT2D eigenvalue weighted by molar-refractivity contribution is 8.00. The lowest BCUT2D eigenvalue weighted by Crippen LogP contribution is -2.22. The number of halogens is 2. The Balaban J connectivity index is 2.23. The van der Waals surface area contributed by atoms with E-state index in [9.17, 15) is 13.6 Å². The van der Waals surface area contributed by atoms with Gasteiger partial charge < -0.3 is 19.8 Å². The number of hydrogen-bond donors (Lipinski definition) is 2. The maximum atomic E-state index is 14.3. The van der Waals surface area contributed by atoms with Gasteiger partial charge in [-0.25, -0.2) is 8.78 Å². The van der Waals surface area contributed by atoms with Crippen LogP contribution in [0.2, 0.25) is 0 Å². The molecule has 0 aliphatic carbocycles. The van der Waals surface area contributed by atoms with Gasteiger partial charge in [-0.3, -0.25) is 9.79 Å². The maximum Gasteiger partial charge on any atom is 0.274 e. The Morgan fingerprint density at radius 3 is 2.59 bits per heavy atom. The molecule has 0 amide bonds. The zero-order valence-corrected chi connectivity index (χ0v) is 18.8. The van der Waals surface area contributed by atoms with Crippen LogP contribution in [0.15, 0.2) is 52.4 Å². The molecule has 3 rings (SSSR count). The molecule has 1 aromatic heterocycles. The van der Waals surface area contributed by atoms with E-state index in [-0.39, 0.29) is 17.0 Å². The molecule has 0 saturated carbocycles. The van der Waals surface area contributed by atoms with Gasteiger partial charge in [0.05, 0.1) is 0 Å². The molecule has 32 heavy (non-hydrogen) atoms. The maximum absolute atomic E-state index is 14.3. The van der Waals surface area contributed by atoms with E-state index in [1.54, 1.807) is 31.6 Å². The average Bonchev–Trinajstić information content (AvgIpc) is 2.77. The summed E-state index contributed by atoms with van der Waals surface area (Å²) >= 11 is 1.51. The van der Waals surface area contributed by atoms with Crippen LogP contribution in [0.4, 0.5) is 20.2 Å². The van der Waals surface area contributed by atoms with Crippen LogP contribution in [0.25, 0.3) is 11.1 Å². The summed E-state index contributed by atoms with van der Waals surface area (Å²) in [7, 11) is 1.60. The molecule has 0 aliphatic heterocycles. The molecule has 0 fully saturated rings. The summed E-state index contributed by atoms with van der Waals surface area (Å²) < 4.78 is 38.0. The second-order valence-corrected chi connectivity index (χ2v) is 7.91. The monoisotopic (exact) mass is 458 g/mol. The summed E-state index contributed by atoms with van der Waals surface area (Å²) in [6.07, 6.45) is 3.19. The van der Waals surface area contributed by atoms with Crippen molar-refractivity contribution in [1.82, 2.24) is 4.57 Å². The Hall–Kier alpha value is -3.33. The van der Waals surface area contributed by atoms with Gasteiger partial charge in [-0.15, -0.1) is 0 Å². The predicted molar refractivity (Wildman–Crippen MR) is 128 cm³/mol. The van der Waals surface area contributed by atoms with E-state index in [1.165, 1.54) is 22.6 Å². The van der Waals surface area contributed by atoms with E-state index in [4.69, 9.17) is 10.5 Å². The summed E-state index contributed by atoms with van der Waals surface area (Å²) in [5, 5.41) is 0. The number of nitrogens with one attached hydrogen (secondary N) is 1. The van der Waals surface area contributed by atoms with Crippen molar-refractivity contribution < 1.29 is 13.5 Å². The zero-order valence-electron chi connectivity index (χ0n) is 18.0. The molecule has 9 heteroatoms. The number of aliphatic imine (C=N–C) groups is 1. The molecule has 1 heterocycles. The second-order valence-electron chi connectivity index (χ2n) is 6.84. The highest BCUT2D eigenvalue weighted by Crippen LogP contribution is 2.38. The number of nitrogens with zero attached hydrogens (tertiary/aromatic N) is 2. The Bertz CT molecular complexity index is 1210. The number of aryl methyl sites for hydroxylation is 1. The van der Waals surface area contributed by atoms with Crippen LogP contribution < -0.4 is 20.8 Å². The fourth-order valence-electron chi connectivity index (χ4n) is 3.03. The van der Waals surface area contributed by atoms with Gasteiger partial charge >= 0.3 is 0 Å². The smallest absolute Gasteiger partial charge is 0.274 e. The highest BCUT2D eigenvalue weighted by atomic mass is 32.2. The Kier molecular flexibility index (Phi) is 7.53. The molecule has 3 N–H and O–H groups in total. The number of ether oxygens (including phenoxy) is 1. The highest BCUT2D eigenvalue weighted by Gasteiger charge is 2.18. The van der Waals surface area contributed by atoms with Crippen molar-refractivity contribution in [2.75, 3.05) is 22.8 Å². The molecular weight excluding hydrogens is 434 g/mol. The molecule has 0 radical (unpaired) electrons. The van der Waals surface area contributed by atoms with Crippen molar-refractivity contribution in [3.63, 3.8) is 0 Å². The molecule has 0 spiro atoms. The van der Waals surface area contributed by atoms with Crippen molar-refractivity contribution in [3.8, 4) is 22.6 Å². The quantitative estimate of drug-likeness (QED) is 0.357. The predicted octanol–water partition coefficient (Wildman–Crippen LogP) is 5.22. The molecule has 0 atom stereocenters. The Morgan fingerprint density at radius 1 is 1.16 bits per heavy atom. The minimum absolute atomic E-state index is 0.0439. The fourth-order valence-corrected chi connectivity index (χ4v) is 3.47. The zero-order chi connectivity index (χ0) is 23.3. The second kappa shape index (κ2) is 10.3. The number of aromatic nitrogens is 1. The van der Waals surface area contributed by atoms with Crippen molar-refractivity contribution in [1.29, 1.82) is 0 Å². The van der Waals surface area contributed by atoms with Crippen LogP contribution in [0, 0.1) is 11.6 Å². The number of nitrogen functional groups attached to an aromatic ring is 1. The van der Waals surface area contributed by atoms with Crippen LogP contribution in [0.1, 0.15) is 19.4 Å². The van der Waals surface area contributed by atoms with Crippen LogP contribution in [-0.2, 0) is 7.05 Å². The normalized spacial score (nSPS) is 11.2. The van der Waals surface area contributed by atoms with Gasteiger partial charge in [-0.1, -0.05) is 18.9 Å². The summed E-state index contributed by atoms with van der Waals surface area (Å²) in [5.41, 5.74) is 8.21. The van der Waals surface area contributed by atoms with Crippen LogP contribution in [0.5, 0.6) is 11.5 Å². The molecule has 2 aromatic carbocycles. The number of benzene rings is 2. The molecule has 0 unspecified atom stereocenters. The average molecular weight is 459 g/mol. The largest absolute Gasteiger partial charge is 0.454 e. The van der Waals surface area contributed by atoms with Gasteiger partial charge in [-0.05, 0) is 37.3 Å². The summed E-state index contributed by atoms with van der Waals surface area (Å²) in [5.74, 6) is -0.498. The van der Waals surface area contributed by atoms with Crippen molar-refractivity contribution in [2.24, 2.45) is 12.0 Å². The first-order valence-corrected chi connectivity index (χ1v) is 11.0. The Morgan fingerprint density at radius 2 is 1.91 bits per heavy atom. The third kappa shape index (κ3) is 5.11. The lowest BCUT2D eigenvalue weighted by Gasteiger charge is -2.17. The van der Waals surface area contributed by atoms with Gasteiger partial charge in [-0.2, -0.15) is 0 Å². The first-order valence-electron chi connectivity index (χ1n) is 9.99. The van der Waals surface area contributed by atoms with E-state index >= 15 is 0 Å². The van der Waals surface area contributed by atoms with E-state index < -0.39 is 11.6 Å². The van der Waals surface area contributed by atoms with Crippen molar-refractivity contribution in [3.05, 3.63) is 70.1 Å². The van der Waals surface area contributed by atoms with Crippen LogP contribution in [-0.4, -0.2) is 23.1 Å². The van der Waals surface area contributed by atoms with Crippen LogP contribution >= 0.6 is 11.9 Å². The SMILES string of the molecule is CCN=Cc1c(-c2cc(NSCC)ccc2Oc2ccc(F)cc2F)cn(C)c(=O)c1N. The fraction of sp³-hybridized carbons (Fsp3) is 0.217. The standard InChI is InChI=1S/C23H24F2N4O2S/c1-4-27-12-17-18(13-29(3)23(30)22(17)26)16-11-15(28-32-5-2)7-9-20(16)31-21-8-6-14(24)10-19(21)25/h6-13,28H,4-5,26H2,1-3H3. The van der Waals surface area contributed by atoms with E-state index in [0.717, 1.165) is 23.6 Å². The van der Waals surface area contributed by atoms with E-state index in [2.05, 4.69) is 9.71 Å². The topological polar surface area (TPSA) is 81.6 Å². The number of anilines is 2. The Labute approximate surface area is 189 Å². The number of nitrogens with two attached hydrogens (primary N) is 1. The number of rotatable bonds is 8. The molecule has 0 saturated heterocycles. The third-order valence-corrected chi connectivity index (χ3v) is 5.24. The molecule has 0 aliphatic rings. The first-order chi connectivity index (χ1) is 15.3. The lowest BCUT2D eigenvalue weighted by molar-refractivity contribution is 0.439. The van der Waals surface area contributed by atoms with Gasteiger partial charge in [0.15, 0.2) is 11.6 Å². The van der Waals surface area contributed by atoms with Gasteiger partial charge in [0.2, 0.25) is 0 Å². The molecule has 0 bridgehead atoms. The summed E-state index contributed by atoms with van der Waals surface area (Å²) in [6.45, 7) is 4.39. The minimum Gasteiger partial charge on any atom is -0.454 e. The van der Waals surface area contributed by atoms with Gasteiger partial charge in [0.25, 0.3) is 5.56 Å². The van der Waals surface area contributed by atoms with Crippen molar-refractivity contribution in [2.45, 2.75) is 13.8 Å². The number of hydrogen-bond acceptors (Lipinski definition) is 6. The summed E-state index contributed by atoms with van der Waals surface area (Å²) in [4.78, 5) is 16.7. The van der Waals surface area contributed by atoms with E-state index in [0.29, 0.717) is 29.0 Å². The molecule has 6 nitrogen and oxygen atoms in total. The first kappa shape index (κ1) is 23.3. The summed E-state index contributed by atoms with van der Waals surface area (Å²) in [6, 6.07) is 8.39. The van der Waals surface area contributed by atoms with Crippen LogP contribution in [0.3, 0.4) is 0 Å².